The molecule has 4 nitrogen and oxygen atoms in total. The summed E-state index contributed by atoms with van der Waals surface area (Å²) in [6, 6.07) is 19.2. The van der Waals surface area contributed by atoms with Crippen LogP contribution < -0.4 is 5.01 Å². The Morgan fingerprint density at radius 2 is 1.41 bits per heavy atom. The number of hydrogen-bond donors (Lipinski definition) is 0. The summed E-state index contributed by atoms with van der Waals surface area (Å²) in [7, 11) is 0. The van der Waals surface area contributed by atoms with Crippen molar-refractivity contribution < 1.29 is 9.59 Å². The molecule has 0 radical (unpaired) electrons. The van der Waals surface area contributed by atoms with E-state index in [2.05, 4.69) is 26.0 Å². The van der Waals surface area contributed by atoms with Crippen molar-refractivity contribution in [2.45, 2.75) is 26.7 Å². The number of fused-ring (bicyclic) bond motifs is 1. The van der Waals surface area contributed by atoms with E-state index in [1.54, 1.807) is 28.9 Å². The Balaban J connectivity index is 1.78. The van der Waals surface area contributed by atoms with Gasteiger partial charge in [0, 0.05) is 18.3 Å². The van der Waals surface area contributed by atoms with Gasteiger partial charge in [-0.25, -0.2) is 0 Å². The van der Waals surface area contributed by atoms with Crippen molar-refractivity contribution in [3.63, 3.8) is 0 Å². The number of benzene rings is 2. The first-order chi connectivity index (χ1) is 13.1. The maximum Gasteiger partial charge on any atom is 0.281 e. The van der Waals surface area contributed by atoms with Crippen LogP contribution in [0.25, 0.3) is 0 Å². The van der Waals surface area contributed by atoms with E-state index < -0.39 is 0 Å². The normalized spacial score (nSPS) is 13.5. The largest absolute Gasteiger partial charge is 0.281 e. The molecule has 1 aliphatic heterocycles. The van der Waals surface area contributed by atoms with Gasteiger partial charge in [-0.15, -0.1) is 0 Å². The highest BCUT2D eigenvalue weighted by Gasteiger charge is 2.37. The lowest BCUT2D eigenvalue weighted by Gasteiger charge is -2.20. The van der Waals surface area contributed by atoms with E-state index in [0.717, 1.165) is 17.7 Å². The summed E-state index contributed by atoms with van der Waals surface area (Å²) >= 11 is 0. The predicted molar refractivity (Wildman–Crippen MR) is 106 cm³/mol. The van der Waals surface area contributed by atoms with Gasteiger partial charge in [0.15, 0.2) is 0 Å². The minimum atomic E-state index is -0.267. The van der Waals surface area contributed by atoms with Crippen LogP contribution in [0, 0.1) is 5.92 Å². The number of amides is 2. The molecule has 1 aliphatic rings. The van der Waals surface area contributed by atoms with Crippen molar-refractivity contribution >= 4 is 11.8 Å². The highest BCUT2D eigenvalue weighted by atomic mass is 16.2. The first-order valence-corrected chi connectivity index (χ1v) is 9.27. The zero-order valence-electron chi connectivity index (χ0n) is 15.6. The van der Waals surface area contributed by atoms with Crippen LogP contribution >= 0.6 is 0 Å². The number of hydrogen-bond acceptors (Lipinski definition) is 2. The van der Waals surface area contributed by atoms with Crippen LogP contribution in [0.2, 0.25) is 0 Å². The highest BCUT2D eigenvalue weighted by molar-refractivity contribution is 6.30. The SMILES string of the molecule is CC(C)Cc1ccn(N2C(=O)c3ccccc3C2=O)c1Cc1ccccc1. The Labute approximate surface area is 159 Å². The van der Waals surface area contributed by atoms with Crippen molar-refractivity contribution in [3.05, 3.63) is 94.8 Å². The molecule has 2 heterocycles. The van der Waals surface area contributed by atoms with Crippen LogP contribution in [0.3, 0.4) is 0 Å². The fraction of sp³-hybridized carbons (Fsp3) is 0.217. The van der Waals surface area contributed by atoms with Gasteiger partial charge in [0.1, 0.15) is 0 Å². The van der Waals surface area contributed by atoms with Gasteiger partial charge in [-0.3, -0.25) is 14.3 Å². The molecule has 2 amide bonds. The molecule has 4 rings (SSSR count). The fourth-order valence-electron chi connectivity index (χ4n) is 3.66. The fourth-order valence-corrected chi connectivity index (χ4v) is 3.66. The lowest BCUT2D eigenvalue weighted by Crippen LogP contribution is -2.40. The van der Waals surface area contributed by atoms with Crippen LogP contribution in [0.1, 0.15) is 51.4 Å². The number of carbonyl (C=O) groups excluding carboxylic acids is 2. The van der Waals surface area contributed by atoms with Gasteiger partial charge >= 0.3 is 0 Å². The Hall–Kier alpha value is -3.14. The van der Waals surface area contributed by atoms with E-state index in [9.17, 15) is 9.59 Å². The molecule has 0 N–H and O–H groups in total. The lowest BCUT2D eigenvalue weighted by atomic mass is 10.00. The molecule has 1 aromatic heterocycles. The van der Waals surface area contributed by atoms with E-state index >= 15 is 0 Å². The molecule has 2 aromatic carbocycles. The zero-order valence-corrected chi connectivity index (χ0v) is 15.6. The van der Waals surface area contributed by atoms with Crippen LogP contribution in [0.15, 0.2) is 66.9 Å². The number of imide groups is 1. The van der Waals surface area contributed by atoms with Gasteiger partial charge in [-0.05, 0) is 41.7 Å². The Bertz CT molecular complexity index is 967. The number of rotatable bonds is 5. The summed E-state index contributed by atoms with van der Waals surface area (Å²) in [6.07, 6.45) is 3.42. The molecule has 0 unspecified atom stereocenters. The third kappa shape index (κ3) is 3.08. The Morgan fingerprint density at radius 3 is 2.00 bits per heavy atom. The van der Waals surface area contributed by atoms with E-state index in [4.69, 9.17) is 0 Å². The van der Waals surface area contributed by atoms with Gasteiger partial charge in [0.05, 0.1) is 11.1 Å². The summed E-state index contributed by atoms with van der Waals surface area (Å²) in [5, 5.41) is 1.27. The van der Waals surface area contributed by atoms with Crippen molar-refractivity contribution in [3.8, 4) is 0 Å². The third-order valence-electron chi connectivity index (χ3n) is 4.89. The molecule has 27 heavy (non-hydrogen) atoms. The molecule has 0 atom stereocenters. The Morgan fingerprint density at radius 1 is 0.815 bits per heavy atom. The van der Waals surface area contributed by atoms with Gasteiger partial charge in [-0.1, -0.05) is 56.3 Å². The van der Waals surface area contributed by atoms with Gasteiger partial charge < -0.3 is 0 Å². The summed E-state index contributed by atoms with van der Waals surface area (Å²) < 4.78 is 1.75. The monoisotopic (exact) mass is 358 g/mol. The quantitative estimate of drug-likeness (QED) is 0.641. The second-order valence-corrected chi connectivity index (χ2v) is 7.36. The number of nitrogens with zero attached hydrogens (tertiary/aromatic N) is 2. The Kier molecular flexibility index (Phi) is 4.40. The summed E-state index contributed by atoms with van der Waals surface area (Å²) in [6.45, 7) is 4.34. The van der Waals surface area contributed by atoms with Crippen molar-refractivity contribution in [2.24, 2.45) is 5.92 Å². The maximum absolute atomic E-state index is 12.9. The van der Waals surface area contributed by atoms with Crippen molar-refractivity contribution in [1.29, 1.82) is 0 Å². The average molecular weight is 358 g/mol. The minimum absolute atomic E-state index is 0.267. The smallest absolute Gasteiger partial charge is 0.267 e. The van der Waals surface area contributed by atoms with Crippen LogP contribution in [0.4, 0.5) is 0 Å². The molecule has 4 heteroatoms. The topological polar surface area (TPSA) is 42.3 Å². The molecular formula is C23H22N2O2. The molecule has 0 bridgehead atoms. The van der Waals surface area contributed by atoms with Crippen LogP contribution in [0.5, 0.6) is 0 Å². The molecule has 0 fully saturated rings. The number of carbonyl (C=O) groups is 2. The first kappa shape index (κ1) is 17.3. The van der Waals surface area contributed by atoms with Crippen LogP contribution in [-0.2, 0) is 12.8 Å². The highest BCUT2D eigenvalue weighted by Crippen LogP contribution is 2.26. The summed E-state index contributed by atoms with van der Waals surface area (Å²) in [5.41, 5.74) is 4.24. The van der Waals surface area contributed by atoms with E-state index in [-0.39, 0.29) is 11.8 Å². The second kappa shape index (κ2) is 6.88. The lowest BCUT2D eigenvalue weighted by molar-refractivity contribution is 0.0885. The van der Waals surface area contributed by atoms with Crippen LogP contribution in [-0.4, -0.2) is 16.5 Å². The van der Waals surface area contributed by atoms with E-state index in [1.807, 2.05) is 30.5 Å². The summed E-state index contributed by atoms with van der Waals surface area (Å²) in [4.78, 5) is 25.9. The molecule has 136 valence electrons. The molecular weight excluding hydrogens is 336 g/mol. The number of aromatic nitrogens is 1. The van der Waals surface area contributed by atoms with Gasteiger partial charge in [0.2, 0.25) is 0 Å². The van der Waals surface area contributed by atoms with Crippen molar-refractivity contribution in [1.82, 2.24) is 4.68 Å². The minimum Gasteiger partial charge on any atom is -0.267 e. The molecule has 0 saturated carbocycles. The van der Waals surface area contributed by atoms with E-state index in [1.165, 1.54) is 10.6 Å². The summed E-state index contributed by atoms with van der Waals surface area (Å²) in [5.74, 6) is -0.0502. The maximum atomic E-state index is 12.9. The zero-order chi connectivity index (χ0) is 19.0. The molecule has 0 aliphatic carbocycles. The first-order valence-electron chi connectivity index (χ1n) is 9.27. The molecule has 0 saturated heterocycles. The van der Waals surface area contributed by atoms with Crippen molar-refractivity contribution in [2.75, 3.05) is 5.01 Å². The molecule has 0 spiro atoms. The third-order valence-corrected chi connectivity index (χ3v) is 4.89. The predicted octanol–water partition coefficient (Wildman–Crippen LogP) is 4.21. The standard InChI is InChI=1S/C23H22N2O2/c1-16(2)14-18-12-13-24(21(18)15-17-8-4-3-5-9-17)25-22(26)19-10-6-7-11-20(19)23(25)27/h3-13,16H,14-15H2,1-2H3. The van der Waals surface area contributed by atoms with Gasteiger partial charge in [-0.2, -0.15) is 5.01 Å². The van der Waals surface area contributed by atoms with Gasteiger partial charge in [0.25, 0.3) is 11.8 Å². The van der Waals surface area contributed by atoms with E-state index in [0.29, 0.717) is 23.5 Å². The average Bonchev–Trinajstić information content (AvgIpc) is 3.15. The second-order valence-electron chi connectivity index (χ2n) is 7.36. The molecule has 3 aromatic rings.